The van der Waals surface area contributed by atoms with Crippen molar-refractivity contribution in [2.45, 2.75) is 0 Å². The van der Waals surface area contributed by atoms with Gasteiger partial charge in [0.05, 0.1) is 11.0 Å². The predicted octanol–water partition coefficient (Wildman–Crippen LogP) is 2.83. The van der Waals surface area contributed by atoms with Crippen LogP contribution in [-0.2, 0) is 7.05 Å². The summed E-state index contributed by atoms with van der Waals surface area (Å²) in [5, 5.41) is 0.534. The van der Waals surface area contributed by atoms with Gasteiger partial charge in [-0.2, -0.15) is 0 Å². The van der Waals surface area contributed by atoms with Crippen molar-refractivity contribution < 1.29 is 0 Å². The van der Waals surface area contributed by atoms with Gasteiger partial charge in [-0.15, -0.1) is 0 Å². The highest BCUT2D eigenvalue weighted by molar-refractivity contribution is 14.1. The molecule has 0 atom stereocenters. The third kappa shape index (κ3) is 1.21. The third-order valence-electron chi connectivity index (χ3n) is 1.79. The highest BCUT2D eigenvalue weighted by Gasteiger charge is 2.04. The van der Waals surface area contributed by atoms with Gasteiger partial charge in [0.1, 0.15) is 0 Å². The molecule has 0 aliphatic rings. The Balaban J connectivity index is 2.88. The van der Waals surface area contributed by atoms with Crippen molar-refractivity contribution in [1.82, 2.24) is 9.55 Å². The van der Waals surface area contributed by atoms with Crippen molar-refractivity contribution in [3.8, 4) is 0 Å². The first-order chi connectivity index (χ1) is 5.68. The van der Waals surface area contributed by atoms with Crippen molar-refractivity contribution in [2.75, 3.05) is 0 Å². The highest BCUT2D eigenvalue weighted by Crippen LogP contribution is 2.19. The molecule has 0 spiro atoms. The summed E-state index contributed by atoms with van der Waals surface area (Å²) < 4.78 is 3.07. The second-order valence-electron chi connectivity index (χ2n) is 2.57. The van der Waals surface area contributed by atoms with Crippen LogP contribution in [0.1, 0.15) is 0 Å². The van der Waals surface area contributed by atoms with Crippen LogP contribution in [0.2, 0.25) is 5.28 Å². The van der Waals surface area contributed by atoms with E-state index < -0.39 is 0 Å². The van der Waals surface area contributed by atoms with Gasteiger partial charge in [-0.1, -0.05) is 0 Å². The Kier molecular flexibility index (Phi) is 2.00. The van der Waals surface area contributed by atoms with Gasteiger partial charge < -0.3 is 4.57 Å². The lowest BCUT2D eigenvalue weighted by Crippen LogP contribution is -1.86. The number of halogens is 2. The Morgan fingerprint density at radius 1 is 1.50 bits per heavy atom. The fraction of sp³-hybridized carbons (Fsp3) is 0.125. The first-order valence-corrected chi connectivity index (χ1v) is 4.91. The zero-order valence-corrected chi connectivity index (χ0v) is 9.30. The molecule has 1 aromatic heterocycles. The molecule has 4 heteroatoms. The Labute approximate surface area is 88.7 Å². The average Bonchev–Trinajstić information content (AvgIpc) is 2.31. The van der Waals surface area contributed by atoms with E-state index >= 15 is 0 Å². The average molecular weight is 293 g/mol. The van der Waals surface area contributed by atoms with Crippen LogP contribution in [0, 0.1) is 3.57 Å². The Morgan fingerprint density at radius 2 is 2.25 bits per heavy atom. The van der Waals surface area contributed by atoms with Gasteiger partial charge >= 0.3 is 0 Å². The van der Waals surface area contributed by atoms with Gasteiger partial charge in [0.15, 0.2) is 0 Å². The SMILES string of the molecule is Cn1c(Cl)nc2ccc(I)cc21. The normalized spacial score (nSPS) is 10.9. The third-order valence-corrected chi connectivity index (χ3v) is 2.80. The van der Waals surface area contributed by atoms with Gasteiger partial charge in [-0.3, -0.25) is 0 Å². The van der Waals surface area contributed by atoms with Gasteiger partial charge in [0.2, 0.25) is 5.28 Å². The van der Waals surface area contributed by atoms with Crippen LogP contribution in [0.25, 0.3) is 11.0 Å². The van der Waals surface area contributed by atoms with E-state index in [0.29, 0.717) is 5.28 Å². The summed E-state index contributed by atoms with van der Waals surface area (Å²) in [4.78, 5) is 4.18. The molecule has 62 valence electrons. The van der Waals surface area contributed by atoms with Crippen LogP contribution in [0.15, 0.2) is 18.2 Å². The number of imidazole rings is 1. The molecular formula is C8H6ClIN2. The fourth-order valence-electron chi connectivity index (χ4n) is 1.13. The van der Waals surface area contributed by atoms with Crippen molar-refractivity contribution >= 4 is 45.2 Å². The topological polar surface area (TPSA) is 17.8 Å². The van der Waals surface area contributed by atoms with Crippen LogP contribution in [-0.4, -0.2) is 9.55 Å². The molecule has 2 rings (SSSR count). The lowest BCUT2D eigenvalue weighted by Gasteiger charge is -1.94. The molecule has 0 amide bonds. The lowest BCUT2D eigenvalue weighted by molar-refractivity contribution is 0.948. The van der Waals surface area contributed by atoms with E-state index in [1.165, 1.54) is 3.57 Å². The van der Waals surface area contributed by atoms with Crippen LogP contribution in [0.4, 0.5) is 0 Å². The molecule has 0 saturated carbocycles. The summed E-state index contributed by atoms with van der Waals surface area (Å²) in [5.41, 5.74) is 2.02. The molecule has 0 aliphatic carbocycles. The minimum absolute atomic E-state index is 0.534. The number of hydrogen-bond donors (Lipinski definition) is 0. The molecule has 0 saturated heterocycles. The van der Waals surface area contributed by atoms with Gasteiger partial charge in [0.25, 0.3) is 0 Å². The molecule has 0 aliphatic heterocycles. The number of aromatic nitrogens is 2. The molecule has 2 aromatic rings. The first-order valence-electron chi connectivity index (χ1n) is 3.46. The van der Waals surface area contributed by atoms with Crippen LogP contribution in [0.5, 0.6) is 0 Å². The maximum absolute atomic E-state index is 5.85. The van der Waals surface area contributed by atoms with E-state index in [1.807, 2.05) is 23.7 Å². The zero-order valence-electron chi connectivity index (χ0n) is 6.38. The van der Waals surface area contributed by atoms with E-state index in [-0.39, 0.29) is 0 Å². The molecular weight excluding hydrogens is 286 g/mol. The van der Waals surface area contributed by atoms with E-state index in [4.69, 9.17) is 11.6 Å². The molecule has 2 nitrogen and oxygen atoms in total. The second kappa shape index (κ2) is 2.88. The number of nitrogens with zero attached hydrogens (tertiary/aromatic N) is 2. The van der Waals surface area contributed by atoms with Crippen molar-refractivity contribution in [1.29, 1.82) is 0 Å². The Hall–Kier alpha value is -0.290. The zero-order chi connectivity index (χ0) is 8.72. The molecule has 12 heavy (non-hydrogen) atoms. The summed E-state index contributed by atoms with van der Waals surface area (Å²) in [6.45, 7) is 0. The smallest absolute Gasteiger partial charge is 0.203 e. The fourth-order valence-corrected chi connectivity index (χ4v) is 1.79. The predicted molar refractivity (Wildman–Crippen MR) is 58.4 cm³/mol. The number of fused-ring (bicyclic) bond motifs is 1. The number of benzene rings is 1. The standard InChI is InChI=1S/C8H6ClIN2/c1-12-7-4-5(10)2-3-6(7)11-8(12)9/h2-4H,1H3. The molecule has 1 heterocycles. The van der Waals surface area contributed by atoms with Crippen molar-refractivity contribution in [2.24, 2.45) is 7.05 Å². The lowest BCUT2D eigenvalue weighted by atomic mass is 10.3. The van der Waals surface area contributed by atoms with Gasteiger partial charge in [-0.05, 0) is 52.4 Å². The largest absolute Gasteiger partial charge is 0.318 e. The molecule has 0 unspecified atom stereocenters. The quantitative estimate of drug-likeness (QED) is 0.683. The summed E-state index contributed by atoms with van der Waals surface area (Å²) >= 11 is 8.12. The molecule has 1 aromatic carbocycles. The first kappa shape index (κ1) is 8.31. The number of aryl methyl sites for hydroxylation is 1. The van der Waals surface area contributed by atoms with E-state index in [0.717, 1.165) is 11.0 Å². The van der Waals surface area contributed by atoms with E-state index in [2.05, 4.69) is 33.6 Å². The molecule has 0 fully saturated rings. The Morgan fingerprint density at radius 3 is 3.00 bits per heavy atom. The summed E-state index contributed by atoms with van der Waals surface area (Å²) in [5.74, 6) is 0. The van der Waals surface area contributed by atoms with Crippen LogP contribution < -0.4 is 0 Å². The molecule has 0 bridgehead atoms. The molecule has 0 radical (unpaired) electrons. The van der Waals surface area contributed by atoms with Crippen molar-refractivity contribution in [3.05, 3.63) is 27.1 Å². The van der Waals surface area contributed by atoms with Crippen LogP contribution >= 0.6 is 34.2 Å². The van der Waals surface area contributed by atoms with Crippen LogP contribution in [0.3, 0.4) is 0 Å². The molecule has 0 N–H and O–H groups in total. The Bertz CT molecular complexity index is 436. The maximum Gasteiger partial charge on any atom is 0.203 e. The summed E-state index contributed by atoms with van der Waals surface area (Å²) in [6, 6.07) is 6.06. The summed E-state index contributed by atoms with van der Waals surface area (Å²) in [6.07, 6.45) is 0. The summed E-state index contributed by atoms with van der Waals surface area (Å²) in [7, 11) is 1.91. The number of hydrogen-bond acceptors (Lipinski definition) is 1. The van der Waals surface area contributed by atoms with E-state index in [9.17, 15) is 0 Å². The monoisotopic (exact) mass is 292 g/mol. The minimum atomic E-state index is 0.534. The second-order valence-corrected chi connectivity index (χ2v) is 4.16. The van der Waals surface area contributed by atoms with Crippen molar-refractivity contribution in [3.63, 3.8) is 0 Å². The van der Waals surface area contributed by atoms with Gasteiger partial charge in [0, 0.05) is 10.6 Å². The highest BCUT2D eigenvalue weighted by atomic mass is 127. The van der Waals surface area contributed by atoms with E-state index in [1.54, 1.807) is 0 Å². The maximum atomic E-state index is 5.85. The number of rotatable bonds is 0. The minimum Gasteiger partial charge on any atom is -0.318 e. The van der Waals surface area contributed by atoms with Gasteiger partial charge in [-0.25, -0.2) is 4.98 Å².